The number of hydrogen-bond acceptors (Lipinski definition) is 4. The van der Waals surface area contributed by atoms with Crippen molar-refractivity contribution in [2.45, 2.75) is 19.8 Å². The third kappa shape index (κ3) is 3.31. The van der Waals surface area contributed by atoms with E-state index in [4.69, 9.17) is 4.98 Å². The molecule has 4 rings (SSSR count). The molecule has 1 fully saturated rings. The number of hydrogen-bond donors (Lipinski definition) is 0. The summed E-state index contributed by atoms with van der Waals surface area (Å²) in [4.78, 5) is 21.8. The topological polar surface area (TPSA) is 36.4 Å². The van der Waals surface area contributed by atoms with Crippen LogP contribution in [0.1, 0.15) is 29.4 Å². The van der Waals surface area contributed by atoms with Gasteiger partial charge in [0.15, 0.2) is 0 Å². The summed E-state index contributed by atoms with van der Waals surface area (Å²) < 4.78 is 0. The molecule has 1 amide bonds. The second kappa shape index (κ2) is 7.46. The van der Waals surface area contributed by atoms with Gasteiger partial charge in [-0.1, -0.05) is 25.1 Å². The van der Waals surface area contributed by atoms with Crippen molar-refractivity contribution in [2.75, 3.05) is 31.1 Å². The molecule has 1 aromatic carbocycles. The van der Waals surface area contributed by atoms with Crippen LogP contribution in [0, 0.1) is 0 Å². The van der Waals surface area contributed by atoms with Gasteiger partial charge in [-0.25, -0.2) is 0 Å². The number of aryl methyl sites for hydroxylation is 1. The van der Waals surface area contributed by atoms with E-state index in [1.54, 1.807) is 11.3 Å². The quantitative estimate of drug-likeness (QED) is 0.697. The maximum Gasteiger partial charge on any atom is 0.254 e. The van der Waals surface area contributed by atoms with Gasteiger partial charge in [0, 0.05) is 48.3 Å². The first-order valence-electron chi connectivity index (χ1n) is 9.21. The van der Waals surface area contributed by atoms with Crippen LogP contribution in [-0.2, 0) is 6.42 Å². The molecule has 0 N–H and O–H groups in total. The van der Waals surface area contributed by atoms with Gasteiger partial charge in [0.2, 0.25) is 0 Å². The fourth-order valence-electron chi connectivity index (χ4n) is 3.58. The molecule has 1 aliphatic rings. The lowest BCUT2D eigenvalue weighted by molar-refractivity contribution is 0.0767. The van der Waals surface area contributed by atoms with Crippen molar-refractivity contribution in [1.29, 1.82) is 0 Å². The number of nitrogens with zero attached hydrogens (tertiary/aromatic N) is 3. The summed E-state index contributed by atoms with van der Waals surface area (Å²) in [6, 6.07) is 12.5. The summed E-state index contributed by atoms with van der Waals surface area (Å²) >= 11 is 1.58. The third-order valence-electron chi connectivity index (χ3n) is 5.00. The largest absolute Gasteiger partial charge is 0.369 e. The number of carbonyl (C=O) groups is 1. The standard InChI is InChI=1S/C21H23N3OS/c1-2-17-14-20(18-6-3-4-7-19(18)22-17)23-9-5-10-24(12-11-23)21(25)16-8-13-26-15-16/h3-4,6-8,13-15H,2,5,9-12H2,1H3. The Labute approximate surface area is 158 Å². The number of rotatable bonds is 3. The van der Waals surface area contributed by atoms with Crippen molar-refractivity contribution < 1.29 is 4.79 Å². The van der Waals surface area contributed by atoms with Gasteiger partial charge in [0.25, 0.3) is 5.91 Å². The maximum atomic E-state index is 12.7. The molecule has 26 heavy (non-hydrogen) atoms. The molecule has 0 aliphatic carbocycles. The highest BCUT2D eigenvalue weighted by Gasteiger charge is 2.22. The second-order valence-corrected chi connectivity index (χ2v) is 7.43. The van der Waals surface area contributed by atoms with Crippen molar-refractivity contribution in [3.63, 3.8) is 0 Å². The SMILES string of the molecule is CCc1cc(N2CCCN(C(=O)c3ccsc3)CC2)c2ccccc2n1. The lowest BCUT2D eigenvalue weighted by Gasteiger charge is -2.25. The van der Waals surface area contributed by atoms with E-state index < -0.39 is 0 Å². The van der Waals surface area contributed by atoms with Gasteiger partial charge < -0.3 is 9.80 Å². The lowest BCUT2D eigenvalue weighted by Crippen LogP contribution is -2.35. The van der Waals surface area contributed by atoms with Gasteiger partial charge in [-0.15, -0.1) is 0 Å². The normalized spacial score (nSPS) is 15.3. The van der Waals surface area contributed by atoms with Crippen LogP contribution in [0.4, 0.5) is 5.69 Å². The number of thiophene rings is 1. The smallest absolute Gasteiger partial charge is 0.254 e. The zero-order valence-corrected chi connectivity index (χ0v) is 15.8. The first-order chi connectivity index (χ1) is 12.8. The van der Waals surface area contributed by atoms with Crippen LogP contribution in [0.3, 0.4) is 0 Å². The number of aromatic nitrogens is 1. The van der Waals surface area contributed by atoms with E-state index in [1.165, 1.54) is 11.1 Å². The highest BCUT2D eigenvalue weighted by Crippen LogP contribution is 2.28. The summed E-state index contributed by atoms with van der Waals surface area (Å²) in [5.41, 5.74) is 4.23. The Hall–Kier alpha value is -2.40. The molecule has 5 heteroatoms. The Balaban J connectivity index is 1.60. The van der Waals surface area contributed by atoms with Crippen LogP contribution in [0.2, 0.25) is 0 Å². The summed E-state index contributed by atoms with van der Waals surface area (Å²) in [5.74, 6) is 0.155. The number of para-hydroxylation sites is 1. The Kier molecular flexibility index (Phi) is 4.89. The summed E-state index contributed by atoms with van der Waals surface area (Å²) in [5, 5.41) is 5.10. The fraction of sp³-hybridized carbons (Fsp3) is 0.333. The van der Waals surface area contributed by atoms with E-state index >= 15 is 0 Å². The van der Waals surface area contributed by atoms with Crippen LogP contribution >= 0.6 is 11.3 Å². The molecule has 4 nitrogen and oxygen atoms in total. The summed E-state index contributed by atoms with van der Waals surface area (Å²) in [7, 11) is 0. The first kappa shape index (κ1) is 17.0. The summed E-state index contributed by atoms with van der Waals surface area (Å²) in [6.45, 7) is 5.53. The van der Waals surface area contributed by atoms with E-state index in [0.717, 1.165) is 55.8 Å². The van der Waals surface area contributed by atoms with Crippen molar-refractivity contribution in [3.05, 3.63) is 58.4 Å². The minimum atomic E-state index is 0.155. The number of benzene rings is 1. The molecule has 1 aliphatic heterocycles. The molecule has 0 unspecified atom stereocenters. The van der Waals surface area contributed by atoms with Gasteiger partial charge >= 0.3 is 0 Å². The third-order valence-corrected chi connectivity index (χ3v) is 5.68. The Bertz CT molecular complexity index is 907. The molecule has 0 saturated carbocycles. The highest BCUT2D eigenvalue weighted by molar-refractivity contribution is 7.08. The molecule has 0 spiro atoms. The zero-order valence-electron chi connectivity index (χ0n) is 15.0. The minimum absolute atomic E-state index is 0.155. The molecular weight excluding hydrogens is 342 g/mol. The maximum absolute atomic E-state index is 12.7. The van der Waals surface area contributed by atoms with Crippen LogP contribution in [0.25, 0.3) is 10.9 Å². The molecule has 0 atom stereocenters. The average molecular weight is 366 g/mol. The average Bonchev–Trinajstić information content (AvgIpc) is 3.11. The van der Waals surface area contributed by atoms with Crippen LogP contribution < -0.4 is 4.90 Å². The van der Waals surface area contributed by atoms with Gasteiger partial charge in [-0.2, -0.15) is 11.3 Å². The van der Waals surface area contributed by atoms with E-state index in [1.807, 2.05) is 27.8 Å². The summed E-state index contributed by atoms with van der Waals surface area (Å²) in [6.07, 6.45) is 1.91. The van der Waals surface area contributed by atoms with Crippen LogP contribution in [0.15, 0.2) is 47.2 Å². The van der Waals surface area contributed by atoms with E-state index in [-0.39, 0.29) is 5.91 Å². The predicted molar refractivity (Wildman–Crippen MR) is 108 cm³/mol. The Morgan fingerprint density at radius 2 is 2.04 bits per heavy atom. The van der Waals surface area contributed by atoms with Gasteiger partial charge in [0.1, 0.15) is 0 Å². The molecular formula is C21H23N3OS. The molecule has 134 valence electrons. The lowest BCUT2D eigenvalue weighted by atomic mass is 10.1. The molecule has 1 saturated heterocycles. The van der Waals surface area contributed by atoms with Gasteiger partial charge in [-0.3, -0.25) is 9.78 Å². The van der Waals surface area contributed by atoms with Crippen molar-refractivity contribution in [1.82, 2.24) is 9.88 Å². The molecule has 2 aromatic heterocycles. The van der Waals surface area contributed by atoms with Crippen LogP contribution in [0.5, 0.6) is 0 Å². The van der Waals surface area contributed by atoms with Crippen molar-refractivity contribution >= 4 is 33.8 Å². The van der Waals surface area contributed by atoms with Crippen LogP contribution in [-0.4, -0.2) is 42.0 Å². The number of carbonyl (C=O) groups excluding carboxylic acids is 1. The zero-order chi connectivity index (χ0) is 17.9. The Morgan fingerprint density at radius 1 is 1.15 bits per heavy atom. The highest BCUT2D eigenvalue weighted by atomic mass is 32.1. The number of amides is 1. The van der Waals surface area contributed by atoms with Gasteiger partial charge in [-0.05, 0) is 36.4 Å². The monoisotopic (exact) mass is 365 g/mol. The second-order valence-electron chi connectivity index (χ2n) is 6.65. The number of fused-ring (bicyclic) bond motifs is 1. The molecule has 3 heterocycles. The fourth-order valence-corrected chi connectivity index (χ4v) is 4.21. The number of pyridine rings is 1. The molecule has 0 bridgehead atoms. The first-order valence-corrected chi connectivity index (χ1v) is 10.2. The van der Waals surface area contributed by atoms with Crippen molar-refractivity contribution in [2.24, 2.45) is 0 Å². The van der Waals surface area contributed by atoms with E-state index in [9.17, 15) is 4.79 Å². The van der Waals surface area contributed by atoms with E-state index in [2.05, 4.69) is 36.1 Å². The Morgan fingerprint density at radius 3 is 2.85 bits per heavy atom. The molecule has 3 aromatic rings. The predicted octanol–water partition coefficient (Wildman–Crippen LogP) is 4.21. The van der Waals surface area contributed by atoms with Crippen molar-refractivity contribution in [3.8, 4) is 0 Å². The molecule has 0 radical (unpaired) electrons. The minimum Gasteiger partial charge on any atom is -0.369 e. The van der Waals surface area contributed by atoms with E-state index in [0.29, 0.717) is 0 Å². The number of anilines is 1. The van der Waals surface area contributed by atoms with Gasteiger partial charge in [0.05, 0.1) is 11.1 Å².